The number of hydrogen-bond donors (Lipinski definition) is 2. The lowest BCUT2D eigenvalue weighted by Crippen LogP contribution is -2.35. The summed E-state index contributed by atoms with van der Waals surface area (Å²) < 4.78 is 0. The highest BCUT2D eigenvalue weighted by atomic mass is 35.5. The van der Waals surface area contributed by atoms with Crippen LogP contribution in [-0.2, 0) is 0 Å². The Morgan fingerprint density at radius 3 is 2.72 bits per heavy atom. The average molecular weight is 270 g/mol. The number of carbonyl (C=O) groups is 1. The van der Waals surface area contributed by atoms with Gasteiger partial charge in [0.25, 0.3) is 5.91 Å². The second kappa shape index (κ2) is 6.76. The van der Waals surface area contributed by atoms with Crippen molar-refractivity contribution in [1.29, 1.82) is 0 Å². The van der Waals surface area contributed by atoms with Gasteiger partial charge in [-0.2, -0.15) is 0 Å². The van der Waals surface area contributed by atoms with E-state index < -0.39 is 6.10 Å². The van der Waals surface area contributed by atoms with Crippen LogP contribution < -0.4 is 5.32 Å². The lowest BCUT2D eigenvalue weighted by atomic mass is 10.0. The molecule has 100 valence electrons. The highest BCUT2D eigenvalue weighted by Gasteiger charge is 2.15. The second-order valence-electron chi connectivity index (χ2n) is 4.62. The fourth-order valence-corrected chi connectivity index (χ4v) is 1.87. The van der Waals surface area contributed by atoms with E-state index in [2.05, 4.69) is 5.32 Å². The molecule has 0 aliphatic rings. The number of aliphatic hydroxyl groups excluding tert-OH is 1. The van der Waals surface area contributed by atoms with Gasteiger partial charge in [0, 0.05) is 17.1 Å². The van der Waals surface area contributed by atoms with E-state index in [9.17, 15) is 9.90 Å². The molecule has 0 fully saturated rings. The Morgan fingerprint density at radius 2 is 2.17 bits per heavy atom. The Morgan fingerprint density at radius 1 is 1.50 bits per heavy atom. The number of benzene rings is 1. The molecule has 2 N–H and O–H groups in total. The fraction of sp³-hybridized carbons (Fsp3) is 0.500. The van der Waals surface area contributed by atoms with Crippen molar-refractivity contribution >= 4 is 17.5 Å². The molecule has 1 aromatic rings. The van der Waals surface area contributed by atoms with Crippen LogP contribution in [-0.4, -0.2) is 23.7 Å². The van der Waals surface area contributed by atoms with Crippen LogP contribution in [0.2, 0.25) is 5.02 Å². The Hall–Kier alpha value is -1.06. The van der Waals surface area contributed by atoms with Crippen LogP contribution in [0.5, 0.6) is 0 Å². The summed E-state index contributed by atoms with van der Waals surface area (Å²) in [4.78, 5) is 11.9. The quantitative estimate of drug-likeness (QED) is 0.864. The number of rotatable bonds is 5. The third-order valence-electron chi connectivity index (χ3n) is 3.21. The van der Waals surface area contributed by atoms with E-state index in [0.717, 1.165) is 12.0 Å². The van der Waals surface area contributed by atoms with Crippen LogP contribution in [0.4, 0.5) is 0 Å². The molecule has 0 bridgehead atoms. The van der Waals surface area contributed by atoms with Crippen molar-refractivity contribution in [1.82, 2.24) is 5.32 Å². The summed E-state index contributed by atoms with van der Waals surface area (Å²) in [7, 11) is 0. The summed E-state index contributed by atoms with van der Waals surface area (Å²) in [5.74, 6) is 0.00290. The molecule has 0 aromatic heterocycles. The highest BCUT2D eigenvalue weighted by molar-refractivity contribution is 6.30. The molecule has 18 heavy (non-hydrogen) atoms. The van der Waals surface area contributed by atoms with Gasteiger partial charge in [0.2, 0.25) is 0 Å². The van der Waals surface area contributed by atoms with Crippen molar-refractivity contribution < 1.29 is 9.90 Å². The minimum atomic E-state index is -0.508. The first-order valence-corrected chi connectivity index (χ1v) is 6.56. The molecular formula is C14H20ClNO2. The summed E-state index contributed by atoms with van der Waals surface area (Å²) in [6.07, 6.45) is 0.378. The Labute approximate surface area is 113 Å². The molecule has 0 aliphatic carbocycles. The van der Waals surface area contributed by atoms with Gasteiger partial charge in [-0.3, -0.25) is 4.79 Å². The number of aryl methyl sites for hydroxylation is 1. The zero-order valence-corrected chi connectivity index (χ0v) is 11.8. The van der Waals surface area contributed by atoms with Gasteiger partial charge < -0.3 is 10.4 Å². The molecule has 2 atom stereocenters. The summed E-state index contributed by atoms with van der Waals surface area (Å²) in [5, 5.41) is 13.1. The smallest absolute Gasteiger partial charge is 0.251 e. The summed E-state index contributed by atoms with van der Waals surface area (Å²) >= 11 is 5.84. The number of carbonyl (C=O) groups excluding carboxylic acids is 1. The number of amides is 1. The van der Waals surface area contributed by atoms with Gasteiger partial charge in [-0.15, -0.1) is 0 Å². The number of nitrogens with one attached hydrogen (secondary N) is 1. The largest absolute Gasteiger partial charge is 0.391 e. The first kappa shape index (κ1) is 15.0. The molecule has 1 aromatic carbocycles. The monoisotopic (exact) mass is 269 g/mol. The lowest BCUT2D eigenvalue weighted by Gasteiger charge is -2.17. The topological polar surface area (TPSA) is 49.3 Å². The molecule has 1 rings (SSSR count). The van der Waals surface area contributed by atoms with Crippen LogP contribution in [0.25, 0.3) is 0 Å². The van der Waals surface area contributed by atoms with Crippen molar-refractivity contribution in [3.8, 4) is 0 Å². The van der Waals surface area contributed by atoms with Gasteiger partial charge >= 0.3 is 0 Å². The molecule has 2 unspecified atom stereocenters. The molecule has 0 heterocycles. The Balaban J connectivity index is 2.60. The van der Waals surface area contributed by atoms with Gasteiger partial charge in [-0.05, 0) is 36.6 Å². The predicted octanol–water partition coefficient (Wildman–Crippen LogP) is 2.79. The molecule has 0 spiro atoms. The lowest BCUT2D eigenvalue weighted by molar-refractivity contribution is 0.0849. The summed E-state index contributed by atoms with van der Waals surface area (Å²) in [6, 6.07) is 5.14. The fourth-order valence-electron chi connectivity index (χ4n) is 1.65. The van der Waals surface area contributed by atoms with Crippen LogP contribution in [0.1, 0.15) is 36.2 Å². The molecule has 4 heteroatoms. The number of aliphatic hydroxyl groups is 1. The Kier molecular flexibility index (Phi) is 5.63. The number of hydrogen-bond acceptors (Lipinski definition) is 2. The maximum Gasteiger partial charge on any atom is 0.251 e. The van der Waals surface area contributed by atoms with E-state index in [1.807, 2.05) is 20.8 Å². The van der Waals surface area contributed by atoms with Gasteiger partial charge in [-0.1, -0.05) is 31.9 Å². The minimum Gasteiger partial charge on any atom is -0.391 e. The third-order valence-corrected chi connectivity index (χ3v) is 3.44. The first-order valence-electron chi connectivity index (χ1n) is 6.18. The SMILES string of the molecule is CCC(C)C(O)CNC(=O)c1ccc(Cl)cc1C. The molecule has 0 aliphatic heterocycles. The van der Waals surface area contributed by atoms with Crippen molar-refractivity contribution in [3.63, 3.8) is 0 Å². The molecule has 3 nitrogen and oxygen atoms in total. The van der Waals surface area contributed by atoms with Crippen LogP contribution >= 0.6 is 11.6 Å². The van der Waals surface area contributed by atoms with E-state index in [1.165, 1.54) is 0 Å². The van der Waals surface area contributed by atoms with E-state index in [4.69, 9.17) is 11.6 Å². The minimum absolute atomic E-state index is 0.175. The zero-order valence-electron chi connectivity index (χ0n) is 11.0. The molecule has 0 saturated heterocycles. The van der Waals surface area contributed by atoms with E-state index in [1.54, 1.807) is 18.2 Å². The van der Waals surface area contributed by atoms with Crippen LogP contribution in [0.15, 0.2) is 18.2 Å². The first-order chi connectivity index (χ1) is 8.45. The highest BCUT2D eigenvalue weighted by Crippen LogP contribution is 2.15. The average Bonchev–Trinajstić information content (AvgIpc) is 2.34. The maximum atomic E-state index is 11.9. The van der Waals surface area contributed by atoms with Gasteiger partial charge in [0.1, 0.15) is 0 Å². The van der Waals surface area contributed by atoms with Crippen LogP contribution in [0.3, 0.4) is 0 Å². The molecule has 1 amide bonds. The predicted molar refractivity (Wildman–Crippen MR) is 74.0 cm³/mol. The van der Waals surface area contributed by atoms with Crippen LogP contribution in [0, 0.1) is 12.8 Å². The third kappa shape index (κ3) is 4.00. The molecule has 0 radical (unpaired) electrons. The van der Waals surface area contributed by atoms with Gasteiger partial charge in [-0.25, -0.2) is 0 Å². The zero-order chi connectivity index (χ0) is 13.7. The summed E-state index contributed by atoms with van der Waals surface area (Å²) in [6.45, 7) is 6.09. The van der Waals surface area contributed by atoms with Gasteiger partial charge in [0.15, 0.2) is 0 Å². The maximum absolute atomic E-state index is 11.9. The number of halogens is 1. The van der Waals surface area contributed by atoms with Crippen molar-refractivity contribution in [2.45, 2.75) is 33.3 Å². The standard InChI is InChI=1S/C14H20ClNO2/c1-4-9(2)13(17)8-16-14(18)12-6-5-11(15)7-10(12)3/h5-7,9,13,17H,4,8H2,1-3H3,(H,16,18). The molecule has 0 saturated carbocycles. The van der Waals surface area contributed by atoms with E-state index >= 15 is 0 Å². The normalized spacial score (nSPS) is 14.1. The Bertz CT molecular complexity index is 420. The van der Waals surface area contributed by atoms with E-state index in [-0.39, 0.29) is 18.4 Å². The van der Waals surface area contributed by atoms with Gasteiger partial charge in [0.05, 0.1) is 6.10 Å². The summed E-state index contributed by atoms with van der Waals surface area (Å²) in [5.41, 5.74) is 1.42. The van der Waals surface area contributed by atoms with E-state index in [0.29, 0.717) is 10.6 Å². The van der Waals surface area contributed by atoms with Crippen molar-refractivity contribution in [2.24, 2.45) is 5.92 Å². The second-order valence-corrected chi connectivity index (χ2v) is 5.06. The molecular weight excluding hydrogens is 250 g/mol. The van der Waals surface area contributed by atoms with Crippen molar-refractivity contribution in [3.05, 3.63) is 34.3 Å². The van der Waals surface area contributed by atoms with Crippen molar-refractivity contribution in [2.75, 3.05) is 6.54 Å².